The van der Waals surface area contributed by atoms with Gasteiger partial charge in [0.25, 0.3) is 5.91 Å². The largest absolute Gasteiger partial charge is 0.361 e. The summed E-state index contributed by atoms with van der Waals surface area (Å²) in [5.41, 5.74) is 3.87. The number of benzene rings is 2. The molecular weight excluding hydrogens is 260 g/mol. The predicted molar refractivity (Wildman–Crippen MR) is 85.2 cm³/mol. The summed E-state index contributed by atoms with van der Waals surface area (Å²) in [6.07, 6.45) is 1.60. The molecule has 0 aromatic heterocycles. The molecule has 1 amide bonds. The van der Waals surface area contributed by atoms with E-state index in [1.807, 2.05) is 41.3 Å². The Balaban J connectivity index is 2.09. The third kappa shape index (κ3) is 2.31. The molecule has 0 saturated heterocycles. The summed E-state index contributed by atoms with van der Waals surface area (Å²) in [7, 11) is 0. The molecule has 106 valence electrons. The van der Waals surface area contributed by atoms with Crippen LogP contribution in [0.2, 0.25) is 0 Å². The van der Waals surface area contributed by atoms with Gasteiger partial charge in [-0.3, -0.25) is 4.79 Å². The number of fused-ring (bicyclic) bond motifs is 1. The Morgan fingerprint density at radius 1 is 1.19 bits per heavy atom. The lowest BCUT2D eigenvalue weighted by molar-refractivity contribution is 0.0707. The van der Waals surface area contributed by atoms with Gasteiger partial charge in [-0.25, -0.2) is 0 Å². The first-order valence-electron chi connectivity index (χ1n) is 7.05. The molecule has 0 saturated carbocycles. The number of carbonyl (C=O) groups excluding carboxylic acids is 1. The molecule has 2 aromatic rings. The number of amides is 1. The fourth-order valence-electron chi connectivity index (χ4n) is 2.76. The first kappa shape index (κ1) is 13.4. The minimum atomic E-state index is -0.161. The molecule has 1 aliphatic rings. The highest BCUT2D eigenvalue weighted by Crippen LogP contribution is 2.33. The van der Waals surface area contributed by atoms with Crippen molar-refractivity contribution in [3.05, 3.63) is 77.9 Å². The van der Waals surface area contributed by atoms with Crippen molar-refractivity contribution in [1.29, 1.82) is 0 Å². The quantitative estimate of drug-likeness (QED) is 0.867. The van der Waals surface area contributed by atoms with E-state index in [2.05, 4.69) is 31.0 Å². The van der Waals surface area contributed by atoms with Gasteiger partial charge in [0.15, 0.2) is 0 Å². The Bertz CT molecular complexity index is 693. The van der Waals surface area contributed by atoms with Crippen molar-refractivity contribution in [1.82, 2.24) is 4.90 Å². The molecule has 0 bridgehead atoms. The molecule has 1 heterocycles. The number of rotatable bonds is 3. The van der Waals surface area contributed by atoms with E-state index >= 15 is 0 Å². The lowest BCUT2D eigenvalue weighted by Crippen LogP contribution is -2.43. The summed E-state index contributed by atoms with van der Waals surface area (Å²) in [5, 5.41) is 3.48. The summed E-state index contributed by atoms with van der Waals surface area (Å²) in [4.78, 5) is 14.6. The Morgan fingerprint density at radius 2 is 1.90 bits per heavy atom. The van der Waals surface area contributed by atoms with Crippen LogP contribution in [-0.4, -0.2) is 17.4 Å². The number of anilines is 1. The number of para-hydroxylation sites is 1. The molecule has 0 aliphatic carbocycles. The molecule has 1 N–H and O–H groups in total. The highest BCUT2D eigenvalue weighted by Gasteiger charge is 2.32. The predicted octanol–water partition coefficient (Wildman–Crippen LogP) is 3.75. The van der Waals surface area contributed by atoms with E-state index in [1.54, 1.807) is 6.08 Å². The number of nitrogens with zero attached hydrogens (tertiary/aromatic N) is 1. The number of hydrogen-bond donors (Lipinski definition) is 1. The molecular formula is C18H18N2O. The van der Waals surface area contributed by atoms with Gasteiger partial charge in [-0.2, -0.15) is 0 Å². The van der Waals surface area contributed by atoms with Crippen molar-refractivity contribution in [2.75, 3.05) is 11.9 Å². The molecule has 0 spiro atoms. The minimum Gasteiger partial charge on any atom is -0.361 e. The normalized spacial score (nSPS) is 17.1. The van der Waals surface area contributed by atoms with Crippen molar-refractivity contribution in [2.24, 2.45) is 0 Å². The SMILES string of the molecule is C=CCN1C(=O)c2ccccc2NC1c1ccccc1C. The van der Waals surface area contributed by atoms with Crippen LogP contribution in [0, 0.1) is 6.92 Å². The Morgan fingerprint density at radius 3 is 2.67 bits per heavy atom. The van der Waals surface area contributed by atoms with Gasteiger partial charge in [-0.15, -0.1) is 6.58 Å². The maximum atomic E-state index is 12.7. The molecule has 2 aromatic carbocycles. The van der Waals surface area contributed by atoms with Gasteiger partial charge in [-0.1, -0.05) is 42.5 Å². The summed E-state index contributed by atoms with van der Waals surface area (Å²) in [6, 6.07) is 15.8. The maximum absolute atomic E-state index is 12.7. The van der Waals surface area contributed by atoms with Crippen LogP contribution < -0.4 is 5.32 Å². The first-order valence-corrected chi connectivity index (χ1v) is 7.05. The van der Waals surface area contributed by atoms with Gasteiger partial charge >= 0.3 is 0 Å². The second-order valence-electron chi connectivity index (χ2n) is 5.20. The van der Waals surface area contributed by atoms with E-state index in [1.165, 1.54) is 0 Å². The van der Waals surface area contributed by atoms with Gasteiger partial charge in [0.1, 0.15) is 6.17 Å². The van der Waals surface area contributed by atoms with Gasteiger partial charge in [0.2, 0.25) is 0 Å². The fourth-order valence-corrected chi connectivity index (χ4v) is 2.76. The second-order valence-corrected chi connectivity index (χ2v) is 5.20. The van der Waals surface area contributed by atoms with Crippen LogP contribution in [0.5, 0.6) is 0 Å². The zero-order valence-electron chi connectivity index (χ0n) is 12.0. The molecule has 0 radical (unpaired) electrons. The number of aryl methyl sites for hydroxylation is 1. The smallest absolute Gasteiger partial charge is 0.258 e. The van der Waals surface area contributed by atoms with Gasteiger partial charge < -0.3 is 10.2 Å². The first-order chi connectivity index (χ1) is 10.2. The van der Waals surface area contributed by atoms with E-state index in [0.29, 0.717) is 12.1 Å². The highest BCUT2D eigenvalue weighted by molar-refractivity contribution is 6.01. The van der Waals surface area contributed by atoms with Crippen LogP contribution in [0.1, 0.15) is 27.7 Å². The number of hydrogen-bond acceptors (Lipinski definition) is 2. The van der Waals surface area contributed by atoms with Crippen molar-refractivity contribution < 1.29 is 4.79 Å². The van der Waals surface area contributed by atoms with E-state index in [0.717, 1.165) is 16.8 Å². The van der Waals surface area contributed by atoms with Crippen LogP contribution in [0.25, 0.3) is 0 Å². The van der Waals surface area contributed by atoms with E-state index in [9.17, 15) is 4.79 Å². The minimum absolute atomic E-state index is 0.0394. The van der Waals surface area contributed by atoms with Gasteiger partial charge in [0, 0.05) is 12.2 Å². The molecule has 21 heavy (non-hydrogen) atoms. The summed E-state index contributed by atoms with van der Waals surface area (Å²) >= 11 is 0. The van der Waals surface area contributed by atoms with Crippen molar-refractivity contribution in [3.63, 3.8) is 0 Å². The average Bonchev–Trinajstić information content (AvgIpc) is 2.51. The molecule has 3 heteroatoms. The van der Waals surface area contributed by atoms with Crippen LogP contribution in [0.3, 0.4) is 0 Å². The monoisotopic (exact) mass is 278 g/mol. The molecule has 1 atom stereocenters. The van der Waals surface area contributed by atoms with Crippen molar-refractivity contribution >= 4 is 11.6 Å². The Labute approximate surface area is 124 Å². The zero-order valence-corrected chi connectivity index (χ0v) is 12.0. The maximum Gasteiger partial charge on any atom is 0.258 e. The molecule has 1 unspecified atom stereocenters. The molecule has 1 aliphatic heterocycles. The van der Waals surface area contributed by atoms with Crippen LogP contribution in [0.15, 0.2) is 61.2 Å². The van der Waals surface area contributed by atoms with Gasteiger partial charge in [-0.05, 0) is 30.2 Å². The summed E-state index contributed by atoms with van der Waals surface area (Å²) < 4.78 is 0. The Kier molecular flexibility index (Phi) is 3.48. The third-order valence-electron chi connectivity index (χ3n) is 3.83. The molecule has 3 nitrogen and oxygen atoms in total. The number of carbonyl (C=O) groups is 1. The fraction of sp³-hybridized carbons (Fsp3) is 0.167. The molecule has 3 rings (SSSR count). The molecule has 0 fully saturated rings. The Hall–Kier alpha value is -2.55. The zero-order chi connectivity index (χ0) is 14.8. The van der Waals surface area contributed by atoms with E-state index in [-0.39, 0.29) is 12.1 Å². The lowest BCUT2D eigenvalue weighted by atomic mass is 10.0. The average molecular weight is 278 g/mol. The topological polar surface area (TPSA) is 32.3 Å². The van der Waals surface area contributed by atoms with Crippen LogP contribution in [0.4, 0.5) is 5.69 Å². The van der Waals surface area contributed by atoms with Crippen molar-refractivity contribution in [3.8, 4) is 0 Å². The second kappa shape index (κ2) is 5.44. The van der Waals surface area contributed by atoms with Crippen LogP contribution >= 0.6 is 0 Å². The van der Waals surface area contributed by atoms with E-state index < -0.39 is 0 Å². The number of nitrogens with one attached hydrogen (secondary N) is 1. The highest BCUT2D eigenvalue weighted by atomic mass is 16.2. The third-order valence-corrected chi connectivity index (χ3v) is 3.83. The lowest BCUT2D eigenvalue weighted by Gasteiger charge is -2.38. The summed E-state index contributed by atoms with van der Waals surface area (Å²) in [6.45, 7) is 6.35. The van der Waals surface area contributed by atoms with E-state index in [4.69, 9.17) is 0 Å². The van der Waals surface area contributed by atoms with Gasteiger partial charge in [0.05, 0.1) is 5.56 Å². The van der Waals surface area contributed by atoms with Crippen LogP contribution in [-0.2, 0) is 0 Å². The van der Waals surface area contributed by atoms with Crippen molar-refractivity contribution in [2.45, 2.75) is 13.1 Å². The standard InChI is InChI=1S/C18H18N2O/c1-3-12-20-17(14-9-5-4-8-13(14)2)19-16-11-7-6-10-15(16)18(20)21/h3-11,17,19H,1,12H2,2H3. The summed E-state index contributed by atoms with van der Waals surface area (Å²) in [5.74, 6) is 0.0394.